The lowest BCUT2D eigenvalue weighted by Crippen LogP contribution is -1.92. The molecule has 0 aliphatic rings. The van der Waals surface area contributed by atoms with E-state index in [4.69, 9.17) is 4.52 Å². The second-order valence-electron chi connectivity index (χ2n) is 3.35. The molecule has 0 radical (unpaired) electrons. The van der Waals surface area contributed by atoms with Gasteiger partial charge >= 0.3 is 5.69 Å². The van der Waals surface area contributed by atoms with E-state index in [2.05, 4.69) is 20.8 Å². The minimum atomic E-state index is -2.21. The van der Waals surface area contributed by atoms with Crippen LogP contribution in [0.3, 0.4) is 0 Å². The van der Waals surface area contributed by atoms with E-state index >= 15 is 0 Å². The molecule has 86 valence electrons. The molecule has 0 aromatic heterocycles. The van der Waals surface area contributed by atoms with Gasteiger partial charge in [-0.05, 0) is 17.8 Å². The highest BCUT2D eigenvalue weighted by atomic mass is 32.9. The van der Waals surface area contributed by atoms with E-state index in [-0.39, 0.29) is 0 Å². The van der Waals surface area contributed by atoms with Gasteiger partial charge in [-0.15, -0.1) is 0 Å². The second kappa shape index (κ2) is 8.12. The fourth-order valence-corrected chi connectivity index (χ4v) is 8.48. The Kier molecular flexibility index (Phi) is 8.65. The Morgan fingerprint density at radius 2 is 2.07 bits per heavy atom. The first-order chi connectivity index (χ1) is 6.54. The van der Waals surface area contributed by atoms with Crippen LogP contribution in [-0.2, 0) is 15.5 Å². The van der Waals surface area contributed by atoms with Crippen molar-refractivity contribution < 1.29 is 9.42 Å². The third kappa shape index (κ3) is 7.24. The largest absolute Gasteiger partial charge is 0.432 e. The molecule has 0 amide bonds. The highest BCUT2D eigenvalue weighted by Crippen LogP contribution is 2.59. The molecule has 0 aromatic rings. The summed E-state index contributed by atoms with van der Waals surface area (Å²) in [6, 6.07) is 0. The minimum Gasteiger partial charge on any atom is -0.304 e. The maximum Gasteiger partial charge on any atom is 0.432 e. The Labute approximate surface area is 95.7 Å². The van der Waals surface area contributed by atoms with Crippen molar-refractivity contribution >= 4 is 28.0 Å². The van der Waals surface area contributed by atoms with Gasteiger partial charge in [-0.2, -0.15) is 0 Å². The van der Waals surface area contributed by atoms with E-state index in [1.54, 1.807) is 29.4 Å². The highest BCUT2D eigenvalue weighted by molar-refractivity contribution is 8.70. The molecule has 0 saturated heterocycles. The Hall–Kier alpha value is 0.920. The minimum absolute atomic E-state index is 0.423. The van der Waals surface area contributed by atoms with E-state index < -0.39 is 5.69 Å². The Bertz CT molecular complexity index is 195. The van der Waals surface area contributed by atoms with Crippen molar-refractivity contribution in [3.05, 3.63) is 0 Å². The fourth-order valence-electron chi connectivity index (χ4n) is 0.925. The predicted molar refractivity (Wildman–Crippen MR) is 70.6 cm³/mol. The van der Waals surface area contributed by atoms with Crippen molar-refractivity contribution in [1.82, 2.24) is 0 Å². The van der Waals surface area contributed by atoms with Crippen LogP contribution in [0, 0.1) is 0 Å². The molecule has 0 aliphatic carbocycles. The second-order valence-corrected chi connectivity index (χ2v) is 11.5. The average molecular weight is 257 g/mol. The summed E-state index contributed by atoms with van der Waals surface area (Å²) in [5.74, 6) is 1.01. The molecule has 5 heteroatoms. The molecule has 0 heterocycles. The van der Waals surface area contributed by atoms with Crippen LogP contribution in [-0.4, -0.2) is 23.0 Å². The quantitative estimate of drug-likeness (QED) is 0.428. The lowest BCUT2D eigenvalue weighted by atomic mass is 10.3. The van der Waals surface area contributed by atoms with Crippen LogP contribution >= 0.6 is 17.1 Å². The van der Waals surface area contributed by atoms with Gasteiger partial charge in [0.05, 0.1) is 0 Å². The molecule has 0 saturated carbocycles. The monoisotopic (exact) mass is 257 g/mol. The lowest BCUT2D eigenvalue weighted by Gasteiger charge is -2.07. The third-order valence-electron chi connectivity index (χ3n) is 1.58. The maximum absolute atomic E-state index is 10.1. The smallest absolute Gasteiger partial charge is 0.304 e. The van der Waals surface area contributed by atoms with Crippen LogP contribution < -0.4 is 0 Å². The summed E-state index contributed by atoms with van der Waals surface area (Å²) in [6.07, 6.45) is 3.64. The van der Waals surface area contributed by atoms with Crippen LogP contribution in [0.15, 0.2) is 0 Å². The van der Waals surface area contributed by atoms with E-state index in [9.17, 15) is 4.89 Å². The van der Waals surface area contributed by atoms with Crippen molar-refractivity contribution in [3.8, 4) is 0 Å². The van der Waals surface area contributed by atoms with Gasteiger partial charge in [0, 0.05) is 18.8 Å². The van der Waals surface area contributed by atoms with Crippen molar-refractivity contribution in [2.24, 2.45) is 0 Å². The topological polar surface area (TPSA) is 29.5 Å². The van der Waals surface area contributed by atoms with Gasteiger partial charge in [-0.25, -0.2) is 0 Å². The van der Waals surface area contributed by atoms with Crippen molar-refractivity contribution in [3.63, 3.8) is 0 Å². The zero-order valence-corrected chi connectivity index (χ0v) is 12.1. The van der Waals surface area contributed by atoms with Gasteiger partial charge in [-0.1, -0.05) is 27.2 Å². The van der Waals surface area contributed by atoms with Crippen LogP contribution in [0.25, 0.3) is 0 Å². The van der Waals surface area contributed by atoms with Crippen LogP contribution in [0.5, 0.6) is 0 Å². The molecule has 1 atom stereocenters. The Morgan fingerprint density at radius 1 is 1.43 bits per heavy atom. The summed E-state index contributed by atoms with van der Waals surface area (Å²) < 4.78 is 5.22. The number of hydrogen-bond acceptors (Lipinski definition) is 2. The van der Waals surface area contributed by atoms with Gasteiger partial charge in [0.25, 0.3) is 0 Å². The van der Waals surface area contributed by atoms with Crippen molar-refractivity contribution in [1.29, 1.82) is 0 Å². The van der Waals surface area contributed by atoms with Crippen LogP contribution in [0.4, 0.5) is 0 Å². The summed E-state index contributed by atoms with van der Waals surface area (Å²) in [7, 11) is 3.21. The van der Waals surface area contributed by atoms with E-state index in [1.807, 2.05) is 0 Å². The van der Waals surface area contributed by atoms with Gasteiger partial charge < -0.3 is 4.89 Å². The van der Waals surface area contributed by atoms with Gasteiger partial charge in [0.2, 0.25) is 10.9 Å². The highest BCUT2D eigenvalue weighted by Gasteiger charge is 2.28. The van der Waals surface area contributed by atoms with Gasteiger partial charge in [0.15, 0.2) is 5.75 Å². The number of hydrogen-bond donors (Lipinski definition) is 1. The van der Waals surface area contributed by atoms with Crippen LogP contribution in [0.1, 0.15) is 40.0 Å². The molecular formula is C9H22O2PS2+. The first kappa shape index (κ1) is 14.9. The summed E-state index contributed by atoms with van der Waals surface area (Å²) >= 11 is 1.57. The lowest BCUT2D eigenvalue weighted by molar-refractivity contribution is 0.404. The Balaban J connectivity index is 4.06. The zero-order chi connectivity index (χ0) is 11.0. The molecular weight excluding hydrogens is 235 g/mol. The average Bonchev–Trinajstić information content (AvgIpc) is 2.11. The van der Waals surface area contributed by atoms with E-state index in [0.29, 0.717) is 5.25 Å². The van der Waals surface area contributed by atoms with Crippen molar-refractivity contribution in [2.75, 3.05) is 12.9 Å². The number of unbranched alkanes of at least 4 members (excludes halogenated alkanes) is 2. The molecule has 0 fully saturated rings. The van der Waals surface area contributed by atoms with E-state index in [1.165, 1.54) is 19.3 Å². The first-order valence-electron chi connectivity index (χ1n) is 5.04. The molecule has 0 aliphatic heterocycles. The molecule has 0 bridgehead atoms. The molecule has 1 N–H and O–H groups in total. The van der Waals surface area contributed by atoms with E-state index in [0.717, 1.165) is 5.75 Å². The summed E-state index contributed by atoms with van der Waals surface area (Å²) in [4.78, 5) is 10.1. The summed E-state index contributed by atoms with van der Waals surface area (Å²) in [5.41, 5.74) is -2.21. The SMILES string of the molecule is CCCCC[S+]=P(O)(OC)SC(C)C. The first-order valence-corrected chi connectivity index (χ1v) is 9.78. The normalized spacial score (nSPS) is 15.6. The molecule has 1 unspecified atom stereocenters. The standard InChI is InChI=1S/C9H22O2PS2/c1-5-6-7-8-13-12(10,11-4)14-9(2)3/h9-10H,5-8H2,1-4H3/q+1. The zero-order valence-electron chi connectivity index (χ0n) is 9.52. The summed E-state index contributed by atoms with van der Waals surface area (Å²) in [6.45, 7) is 6.35. The third-order valence-corrected chi connectivity index (χ3v) is 9.73. The predicted octanol–water partition coefficient (Wildman–Crippen LogP) is 3.72. The van der Waals surface area contributed by atoms with Gasteiger partial charge in [-0.3, -0.25) is 4.52 Å². The Morgan fingerprint density at radius 3 is 2.50 bits per heavy atom. The molecule has 14 heavy (non-hydrogen) atoms. The molecule has 2 nitrogen and oxygen atoms in total. The molecule has 0 spiro atoms. The maximum atomic E-state index is 10.1. The van der Waals surface area contributed by atoms with Crippen molar-refractivity contribution in [2.45, 2.75) is 45.3 Å². The molecule has 0 rings (SSSR count). The molecule has 0 aromatic carbocycles. The summed E-state index contributed by atoms with van der Waals surface area (Å²) in [5, 5.41) is 0.423. The number of rotatable bonds is 7. The van der Waals surface area contributed by atoms with Gasteiger partial charge in [0.1, 0.15) is 0 Å². The van der Waals surface area contributed by atoms with Crippen LogP contribution in [0.2, 0.25) is 0 Å². The fraction of sp³-hybridized carbons (Fsp3) is 1.00.